The first kappa shape index (κ1) is 10.8. The van der Waals surface area contributed by atoms with E-state index in [9.17, 15) is 0 Å². The summed E-state index contributed by atoms with van der Waals surface area (Å²) < 4.78 is 0. The van der Waals surface area contributed by atoms with E-state index in [0.717, 1.165) is 6.42 Å². The first-order valence-corrected chi connectivity index (χ1v) is 5.54. The quantitative estimate of drug-likeness (QED) is 0.747. The highest BCUT2D eigenvalue weighted by Gasteiger charge is 2.06. The van der Waals surface area contributed by atoms with E-state index >= 15 is 0 Å². The number of allylic oxidation sites excluding steroid dienone is 2. The second kappa shape index (κ2) is 4.44. The van der Waals surface area contributed by atoms with E-state index in [1.165, 1.54) is 16.8 Å². The number of benzene rings is 1. The van der Waals surface area contributed by atoms with Crippen molar-refractivity contribution in [1.29, 1.82) is 0 Å². The molecule has 1 aliphatic rings. The van der Waals surface area contributed by atoms with Gasteiger partial charge in [-0.25, -0.2) is 0 Å². The molecule has 0 saturated carbocycles. The molecule has 0 amide bonds. The van der Waals surface area contributed by atoms with Crippen molar-refractivity contribution in [1.82, 2.24) is 4.90 Å². The fourth-order valence-electron chi connectivity index (χ4n) is 1.86. The highest BCUT2D eigenvalue weighted by atomic mass is 15.1. The lowest BCUT2D eigenvalue weighted by Gasteiger charge is -2.19. The summed E-state index contributed by atoms with van der Waals surface area (Å²) in [5, 5.41) is 0. The average molecular weight is 214 g/mol. The Bertz CT molecular complexity index is 430. The van der Waals surface area contributed by atoms with Crippen molar-refractivity contribution < 1.29 is 0 Å². The van der Waals surface area contributed by atoms with Crippen molar-refractivity contribution in [3.05, 3.63) is 48.3 Å². The molecule has 0 aliphatic carbocycles. The minimum absolute atomic E-state index is 1.02. The van der Waals surface area contributed by atoms with Crippen LogP contribution in [0.25, 0.3) is 5.57 Å². The first-order valence-electron chi connectivity index (χ1n) is 5.54. The van der Waals surface area contributed by atoms with Crippen LogP contribution in [0.4, 0.5) is 5.69 Å². The monoisotopic (exact) mass is 214 g/mol. The van der Waals surface area contributed by atoms with E-state index in [1.54, 1.807) is 0 Å². The maximum atomic E-state index is 2.23. The summed E-state index contributed by atoms with van der Waals surface area (Å²) in [6, 6.07) is 8.65. The summed E-state index contributed by atoms with van der Waals surface area (Å²) in [4.78, 5) is 4.23. The molecule has 0 radical (unpaired) electrons. The Kier molecular flexibility index (Phi) is 3.00. The van der Waals surface area contributed by atoms with Crippen LogP contribution in [0.3, 0.4) is 0 Å². The van der Waals surface area contributed by atoms with Gasteiger partial charge in [-0.2, -0.15) is 0 Å². The van der Waals surface area contributed by atoms with Crippen LogP contribution in [0.5, 0.6) is 0 Å². The number of hydrogen-bond acceptors (Lipinski definition) is 2. The minimum Gasteiger partial charge on any atom is -0.378 e. The number of hydrogen-bond donors (Lipinski definition) is 0. The Morgan fingerprint density at radius 1 is 1.25 bits per heavy atom. The Morgan fingerprint density at radius 3 is 2.75 bits per heavy atom. The van der Waals surface area contributed by atoms with Gasteiger partial charge in [0, 0.05) is 33.0 Å². The molecule has 2 heteroatoms. The molecule has 0 spiro atoms. The number of rotatable bonds is 2. The molecule has 0 fully saturated rings. The molecule has 1 aromatic carbocycles. The van der Waals surface area contributed by atoms with Crippen LogP contribution in [0, 0.1) is 0 Å². The van der Waals surface area contributed by atoms with E-state index < -0.39 is 0 Å². The summed E-state index contributed by atoms with van der Waals surface area (Å²) in [5.41, 5.74) is 3.92. The molecule has 16 heavy (non-hydrogen) atoms. The summed E-state index contributed by atoms with van der Waals surface area (Å²) in [6.07, 6.45) is 7.49. The lowest BCUT2D eigenvalue weighted by atomic mass is 10.0. The molecule has 0 atom stereocenters. The molecule has 0 saturated heterocycles. The second-order valence-electron chi connectivity index (χ2n) is 4.35. The Morgan fingerprint density at radius 2 is 2.06 bits per heavy atom. The normalized spacial score (nSPS) is 14.9. The van der Waals surface area contributed by atoms with Crippen LogP contribution in [-0.2, 0) is 0 Å². The van der Waals surface area contributed by atoms with Gasteiger partial charge in [0.1, 0.15) is 0 Å². The lowest BCUT2D eigenvalue weighted by molar-refractivity contribution is 0.617. The molecule has 1 aromatic rings. The van der Waals surface area contributed by atoms with E-state index in [-0.39, 0.29) is 0 Å². The van der Waals surface area contributed by atoms with Gasteiger partial charge in [-0.3, -0.25) is 0 Å². The Labute approximate surface area is 97.5 Å². The molecule has 0 N–H and O–H groups in total. The third kappa shape index (κ3) is 2.27. The van der Waals surface area contributed by atoms with Gasteiger partial charge in [0.15, 0.2) is 0 Å². The van der Waals surface area contributed by atoms with Crippen molar-refractivity contribution in [3.8, 4) is 0 Å². The molecule has 2 rings (SSSR count). The topological polar surface area (TPSA) is 6.48 Å². The predicted octanol–water partition coefficient (Wildman–Crippen LogP) is 2.94. The maximum absolute atomic E-state index is 2.23. The van der Waals surface area contributed by atoms with Gasteiger partial charge in [0.25, 0.3) is 0 Å². The van der Waals surface area contributed by atoms with Gasteiger partial charge in [-0.1, -0.05) is 18.2 Å². The standard InChI is InChI=1S/C14H18N2/c1-15(2)14-8-4-6-12(10-14)13-7-5-9-16(3)11-13/h4-6,8-11H,7H2,1-3H3. The molecule has 2 nitrogen and oxygen atoms in total. The van der Waals surface area contributed by atoms with Gasteiger partial charge in [-0.05, 0) is 35.9 Å². The Balaban J connectivity index is 2.30. The molecule has 1 heterocycles. The lowest BCUT2D eigenvalue weighted by Crippen LogP contribution is -2.09. The van der Waals surface area contributed by atoms with Gasteiger partial charge in [-0.15, -0.1) is 0 Å². The van der Waals surface area contributed by atoms with Crippen LogP contribution in [0.15, 0.2) is 42.7 Å². The molecule has 1 aliphatic heterocycles. The minimum atomic E-state index is 1.02. The largest absolute Gasteiger partial charge is 0.378 e. The van der Waals surface area contributed by atoms with Crippen LogP contribution in [0.2, 0.25) is 0 Å². The summed E-state index contributed by atoms with van der Waals surface area (Å²) in [7, 11) is 6.20. The summed E-state index contributed by atoms with van der Waals surface area (Å²) in [5.74, 6) is 0. The fourth-order valence-corrected chi connectivity index (χ4v) is 1.86. The maximum Gasteiger partial charge on any atom is 0.0367 e. The zero-order valence-corrected chi connectivity index (χ0v) is 10.1. The SMILES string of the molecule is CN1C=CCC(c2cccc(N(C)C)c2)=C1. The van der Waals surface area contributed by atoms with E-state index in [0.29, 0.717) is 0 Å². The molecular weight excluding hydrogens is 196 g/mol. The smallest absolute Gasteiger partial charge is 0.0367 e. The third-order valence-electron chi connectivity index (χ3n) is 2.77. The van der Waals surface area contributed by atoms with Crippen LogP contribution < -0.4 is 4.90 Å². The van der Waals surface area contributed by atoms with Crippen molar-refractivity contribution in [2.45, 2.75) is 6.42 Å². The van der Waals surface area contributed by atoms with Gasteiger partial charge in [0.2, 0.25) is 0 Å². The van der Waals surface area contributed by atoms with E-state index in [4.69, 9.17) is 0 Å². The van der Waals surface area contributed by atoms with Crippen LogP contribution in [-0.4, -0.2) is 26.0 Å². The highest BCUT2D eigenvalue weighted by molar-refractivity contribution is 5.70. The fraction of sp³-hybridized carbons (Fsp3) is 0.286. The second-order valence-corrected chi connectivity index (χ2v) is 4.35. The van der Waals surface area contributed by atoms with E-state index in [1.807, 2.05) is 0 Å². The molecule has 0 unspecified atom stereocenters. The van der Waals surface area contributed by atoms with Gasteiger partial charge >= 0.3 is 0 Å². The molecule has 0 aromatic heterocycles. The zero-order valence-electron chi connectivity index (χ0n) is 10.1. The third-order valence-corrected chi connectivity index (χ3v) is 2.77. The summed E-state index contributed by atoms with van der Waals surface area (Å²) in [6.45, 7) is 0. The van der Waals surface area contributed by atoms with Crippen molar-refractivity contribution in [2.24, 2.45) is 0 Å². The van der Waals surface area contributed by atoms with Crippen molar-refractivity contribution in [2.75, 3.05) is 26.0 Å². The van der Waals surface area contributed by atoms with Gasteiger partial charge < -0.3 is 9.80 Å². The van der Waals surface area contributed by atoms with E-state index in [2.05, 4.69) is 73.7 Å². The first-order chi connectivity index (χ1) is 7.66. The number of anilines is 1. The van der Waals surface area contributed by atoms with Crippen molar-refractivity contribution >= 4 is 11.3 Å². The Hall–Kier alpha value is -1.70. The average Bonchev–Trinajstić information content (AvgIpc) is 2.29. The van der Waals surface area contributed by atoms with Crippen LogP contribution in [0.1, 0.15) is 12.0 Å². The highest BCUT2D eigenvalue weighted by Crippen LogP contribution is 2.25. The van der Waals surface area contributed by atoms with Crippen molar-refractivity contribution in [3.63, 3.8) is 0 Å². The van der Waals surface area contributed by atoms with Gasteiger partial charge in [0.05, 0.1) is 0 Å². The zero-order chi connectivity index (χ0) is 11.5. The van der Waals surface area contributed by atoms with Crippen LogP contribution >= 0.6 is 0 Å². The molecule has 0 bridgehead atoms. The molecule has 84 valence electrons. The predicted molar refractivity (Wildman–Crippen MR) is 70.3 cm³/mol. The molecular formula is C14H18N2. The summed E-state index contributed by atoms with van der Waals surface area (Å²) >= 11 is 0. The number of nitrogens with zero attached hydrogens (tertiary/aromatic N) is 2.